The van der Waals surface area contributed by atoms with Crippen molar-refractivity contribution < 1.29 is 9.32 Å². The van der Waals surface area contributed by atoms with E-state index >= 15 is 0 Å². The molecule has 0 radical (unpaired) electrons. The Balaban J connectivity index is 0.00000200. The highest BCUT2D eigenvalue weighted by Gasteiger charge is 2.15. The van der Waals surface area contributed by atoms with Gasteiger partial charge in [-0.1, -0.05) is 12.1 Å². The topological polar surface area (TPSA) is 71.3 Å². The van der Waals surface area contributed by atoms with Crippen LogP contribution in [0.1, 0.15) is 23.0 Å². The van der Waals surface area contributed by atoms with Crippen LogP contribution in [0.15, 0.2) is 16.8 Å². The van der Waals surface area contributed by atoms with Gasteiger partial charge in [0.05, 0.1) is 16.6 Å². The highest BCUT2D eigenvalue weighted by molar-refractivity contribution is 5.96. The van der Waals surface area contributed by atoms with Crippen molar-refractivity contribution in [3.05, 3.63) is 23.5 Å². The molecule has 20 heavy (non-hydrogen) atoms. The number of pyridine rings is 1. The van der Waals surface area contributed by atoms with E-state index in [0.29, 0.717) is 17.8 Å². The van der Waals surface area contributed by atoms with E-state index in [0.717, 1.165) is 24.0 Å². The van der Waals surface area contributed by atoms with Crippen molar-refractivity contribution in [2.75, 3.05) is 27.2 Å². The fourth-order valence-electron chi connectivity index (χ4n) is 1.85. The molecule has 0 saturated heterocycles. The van der Waals surface area contributed by atoms with Crippen molar-refractivity contribution in [2.45, 2.75) is 13.3 Å². The summed E-state index contributed by atoms with van der Waals surface area (Å²) in [6.45, 7) is 3.40. The molecule has 0 aliphatic carbocycles. The summed E-state index contributed by atoms with van der Waals surface area (Å²) in [7, 11) is 3.63. The van der Waals surface area contributed by atoms with Crippen molar-refractivity contribution in [3.8, 4) is 0 Å². The summed E-state index contributed by atoms with van der Waals surface area (Å²) in [5.41, 5.74) is 1.87. The van der Waals surface area contributed by atoms with Crippen LogP contribution in [-0.2, 0) is 6.42 Å². The largest absolute Gasteiger partial charge is 0.340 e. The Morgan fingerprint density at radius 3 is 2.90 bits per heavy atom. The highest BCUT2D eigenvalue weighted by Crippen LogP contribution is 2.18. The molecule has 0 spiro atoms. The molecule has 0 bridgehead atoms. The van der Waals surface area contributed by atoms with Gasteiger partial charge in [-0.05, 0) is 19.5 Å². The summed E-state index contributed by atoms with van der Waals surface area (Å²) in [4.78, 5) is 18.0. The minimum Gasteiger partial charge on any atom is -0.340 e. The molecule has 0 unspecified atom stereocenters. The van der Waals surface area contributed by atoms with Gasteiger partial charge in [0, 0.05) is 26.3 Å². The Bertz CT molecular complexity index is 585. The number of halogens is 1. The zero-order valence-electron chi connectivity index (χ0n) is 11.8. The molecule has 2 heterocycles. The second-order valence-electron chi connectivity index (χ2n) is 4.39. The normalized spacial score (nSPS) is 10.3. The maximum Gasteiger partial charge on any atom is 0.257 e. The minimum atomic E-state index is -0.0482. The standard InChI is InChI=1S/C13H18N4O2.ClH/c1-4-11-10-7-9(8-15-12(10)19-16-11)13(18)17(3)6-5-14-2;/h7-8,14H,4-6H2,1-3H3;1H. The molecule has 1 N–H and O–H groups in total. The summed E-state index contributed by atoms with van der Waals surface area (Å²) in [5, 5.41) is 7.77. The molecule has 2 aromatic rings. The maximum atomic E-state index is 12.2. The first-order valence-electron chi connectivity index (χ1n) is 6.31. The third-order valence-electron chi connectivity index (χ3n) is 3.03. The lowest BCUT2D eigenvalue weighted by atomic mass is 10.1. The zero-order valence-corrected chi connectivity index (χ0v) is 12.7. The monoisotopic (exact) mass is 298 g/mol. The number of likely N-dealkylation sites (N-methyl/N-ethyl adjacent to an activating group) is 2. The van der Waals surface area contributed by atoms with Crippen LogP contribution >= 0.6 is 12.4 Å². The molecule has 2 rings (SSSR count). The number of hydrogen-bond acceptors (Lipinski definition) is 5. The molecule has 1 amide bonds. The summed E-state index contributed by atoms with van der Waals surface area (Å²) in [6, 6.07) is 1.80. The zero-order chi connectivity index (χ0) is 13.8. The molecule has 0 atom stereocenters. The number of carbonyl (C=O) groups excluding carboxylic acids is 1. The third-order valence-corrected chi connectivity index (χ3v) is 3.03. The lowest BCUT2D eigenvalue weighted by molar-refractivity contribution is 0.0796. The van der Waals surface area contributed by atoms with E-state index < -0.39 is 0 Å². The van der Waals surface area contributed by atoms with Gasteiger partial charge in [0.2, 0.25) is 0 Å². The predicted octanol–water partition coefficient (Wildman–Crippen LogP) is 1.50. The number of nitrogens with zero attached hydrogens (tertiary/aromatic N) is 3. The highest BCUT2D eigenvalue weighted by atomic mass is 35.5. The molecule has 2 aromatic heterocycles. The SMILES string of the molecule is CCc1noc2ncc(C(=O)N(C)CCNC)cc12.Cl. The summed E-state index contributed by atoms with van der Waals surface area (Å²) >= 11 is 0. The van der Waals surface area contributed by atoms with Gasteiger partial charge in [0.1, 0.15) is 0 Å². The van der Waals surface area contributed by atoms with Crippen LogP contribution in [0.3, 0.4) is 0 Å². The summed E-state index contributed by atoms with van der Waals surface area (Å²) < 4.78 is 5.10. The van der Waals surface area contributed by atoms with Crippen LogP contribution in [0.25, 0.3) is 11.1 Å². The van der Waals surface area contributed by atoms with E-state index in [4.69, 9.17) is 4.52 Å². The van der Waals surface area contributed by atoms with Crippen LogP contribution < -0.4 is 5.32 Å². The summed E-state index contributed by atoms with van der Waals surface area (Å²) in [5.74, 6) is -0.0482. The van der Waals surface area contributed by atoms with E-state index in [9.17, 15) is 4.79 Å². The Morgan fingerprint density at radius 2 is 2.25 bits per heavy atom. The van der Waals surface area contributed by atoms with Crippen molar-refractivity contribution >= 4 is 29.4 Å². The van der Waals surface area contributed by atoms with Gasteiger partial charge >= 0.3 is 0 Å². The first-order valence-corrected chi connectivity index (χ1v) is 6.31. The Kier molecular flexibility index (Phi) is 5.91. The number of aromatic nitrogens is 2. The van der Waals surface area contributed by atoms with E-state index in [2.05, 4.69) is 15.5 Å². The summed E-state index contributed by atoms with van der Waals surface area (Å²) in [6.07, 6.45) is 2.28. The predicted molar refractivity (Wildman–Crippen MR) is 79.3 cm³/mol. The first kappa shape index (κ1) is 16.4. The van der Waals surface area contributed by atoms with Gasteiger partial charge in [-0.25, -0.2) is 4.98 Å². The smallest absolute Gasteiger partial charge is 0.257 e. The molecule has 0 aromatic carbocycles. The van der Waals surface area contributed by atoms with Gasteiger partial charge in [0.25, 0.3) is 11.6 Å². The second-order valence-corrected chi connectivity index (χ2v) is 4.39. The second kappa shape index (κ2) is 7.21. The fourth-order valence-corrected chi connectivity index (χ4v) is 1.85. The van der Waals surface area contributed by atoms with E-state index in [1.165, 1.54) is 6.20 Å². The van der Waals surface area contributed by atoms with Crippen LogP contribution in [0.2, 0.25) is 0 Å². The Morgan fingerprint density at radius 1 is 1.50 bits per heavy atom. The number of fused-ring (bicyclic) bond motifs is 1. The van der Waals surface area contributed by atoms with Gasteiger partial charge < -0.3 is 14.7 Å². The molecule has 110 valence electrons. The van der Waals surface area contributed by atoms with Crippen LogP contribution in [0.4, 0.5) is 0 Å². The van der Waals surface area contributed by atoms with Crippen molar-refractivity contribution in [1.82, 2.24) is 20.4 Å². The van der Waals surface area contributed by atoms with Gasteiger partial charge in [-0.2, -0.15) is 0 Å². The van der Waals surface area contributed by atoms with E-state index in [-0.39, 0.29) is 18.3 Å². The van der Waals surface area contributed by atoms with Gasteiger partial charge in [0.15, 0.2) is 0 Å². The fraction of sp³-hybridized carbons (Fsp3) is 0.462. The third kappa shape index (κ3) is 3.26. The Labute approximate surface area is 123 Å². The van der Waals surface area contributed by atoms with Crippen molar-refractivity contribution in [3.63, 3.8) is 0 Å². The molecule has 7 heteroatoms. The average molecular weight is 299 g/mol. The quantitative estimate of drug-likeness (QED) is 0.906. The molecular weight excluding hydrogens is 280 g/mol. The van der Waals surface area contributed by atoms with Crippen molar-refractivity contribution in [2.24, 2.45) is 0 Å². The minimum absolute atomic E-state index is 0. The number of amides is 1. The molecule has 0 saturated carbocycles. The lowest BCUT2D eigenvalue weighted by Gasteiger charge is -2.16. The number of carbonyl (C=O) groups is 1. The molecule has 0 fully saturated rings. The molecule has 0 aliphatic heterocycles. The van der Waals surface area contributed by atoms with Crippen LogP contribution in [-0.4, -0.2) is 48.1 Å². The molecule has 0 aliphatic rings. The number of hydrogen-bond donors (Lipinski definition) is 1. The number of nitrogens with one attached hydrogen (secondary N) is 1. The number of aryl methyl sites for hydroxylation is 1. The van der Waals surface area contributed by atoms with Gasteiger partial charge in [-0.15, -0.1) is 12.4 Å². The first-order chi connectivity index (χ1) is 9.17. The van der Waals surface area contributed by atoms with Crippen LogP contribution in [0.5, 0.6) is 0 Å². The van der Waals surface area contributed by atoms with E-state index in [1.807, 2.05) is 14.0 Å². The van der Waals surface area contributed by atoms with Crippen molar-refractivity contribution in [1.29, 1.82) is 0 Å². The molecular formula is C13H19ClN4O2. The average Bonchev–Trinajstić information content (AvgIpc) is 2.85. The van der Waals surface area contributed by atoms with Crippen LogP contribution in [0, 0.1) is 0 Å². The Hall–Kier alpha value is -1.66. The molecule has 6 nitrogen and oxygen atoms in total. The van der Waals surface area contributed by atoms with Gasteiger partial charge in [-0.3, -0.25) is 4.79 Å². The number of rotatable bonds is 5. The van der Waals surface area contributed by atoms with E-state index in [1.54, 1.807) is 18.0 Å². The lowest BCUT2D eigenvalue weighted by Crippen LogP contribution is -2.32. The maximum absolute atomic E-state index is 12.2.